The second kappa shape index (κ2) is 4.95. The molecule has 0 aliphatic carbocycles. The SMILES string of the molecule is O=C(O)CS(=O)(=O)NCC1Cc2ccccc2O1. The maximum atomic E-state index is 11.3. The summed E-state index contributed by atoms with van der Waals surface area (Å²) in [4.78, 5) is 10.3. The van der Waals surface area contributed by atoms with Gasteiger partial charge in [-0.15, -0.1) is 0 Å². The van der Waals surface area contributed by atoms with Crippen molar-refractivity contribution >= 4 is 16.0 Å². The first-order valence-electron chi connectivity index (χ1n) is 5.40. The molecule has 0 amide bonds. The summed E-state index contributed by atoms with van der Waals surface area (Å²) in [6.07, 6.45) is 0.331. The van der Waals surface area contributed by atoms with Gasteiger partial charge in [-0.1, -0.05) is 18.2 Å². The van der Waals surface area contributed by atoms with Gasteiger partial charge in [0.25, 0.3) is 0 Å². The molecular weight excluding hydrogens is 258 g/mol. The molecule has 1 unspecified atom stereocenters. The van der Waals surface area contributed by atoms with E-state index in [2.05, 4.69) is 4.72 Å². The van der Waals surface area contributed by atoms with Crippen LogP contribution in [-0.2, 0) is 21.2 Å². The van der Waals surface area contributed by atoms with E-state index < -0.39 is 21.7 Å². The number of hydrogen-bond acceptors (Lipinski definition) is 4. The summed E-state index contributed by atoms with van der Waals surface area (Å²) >= 11 is 0. The lowest BCUT2D eigenvalue weighted by Crippen LogP contribution is -2.37. The normalized spacial score (nSPS) is 18.1. The number of sulfonamides is 1. The van der Waals surface area contributed by atoms with Crippen LogP contribution in [-0.4, -0.2) is 37.9 Å². The predicted molar refractivity (Wildman–Crippen MR) is 64.0 cm³/mol. The zero-order valence-corrected chi connectivity index (χ0v) is 10.3. The maximum absolute atomic E-state index is 11.3. The van der Waals surface area contributed by atoms with Crippen LogP contribution in [0, 0.1) is 0 Å². The molecule has 0 fully saturated rings. The van der Waals surface area contributed by atoms with Crippen molar-refractivity contribution in [2.45, 2.75) is 12.5 Å². The Kier molecular flexibility index (Phi) is 3.53. The summed E-state index contributed by atoms with van der Waals surface area (Å²) in [5.74, 6) is -1.55. The lowest BCUT2D eigenvalue weighted by Gasteiger charge is -2.11. The van der Waals surface area contributed by atoms with Crippen LogP contribution in [0.2, 0.25) is 0 Å². The Morgan fingerprint density at radius 1 is 1.44 bits per heavy atom. The Labute approximate surface area is 105 Å². The first kappa shape index (κ1) is 12.8. The van der Waals surface area contributed by atoms with Gasteiger partial charge in [0, 0.05) is 13.0 Å². The second-order valence-corrected chi connectivity index (χ2v) is 5.86. The van der Waals surface area contributed by atoms with Gasteiger partial charge in [-0.2, -0.15) is 0 Å². The summed E-state index contributed by atoms with van der Waals surface area (Å²) in [6.45, 7) is 0.0737. The van der Waals surface area contributed by atoms with Crippen molar-refractivity contribution in [1.82, 2.24) is 4.72 Å². The molecule has 18 heavy (non-hydrogen) atoms. The summed E-state index contributed by atoms with van der Waals surface area (Å²) in [6, 6.07) is 7.47. The average molecular weight is 271 g/mol. The molecular formula is C11H13NO5S. The highest BCUT2D eigenvalue weighted by molar-refractivity contribution is 7.90. The van der Waals surface area contributed by atoms with Gasteiger partial charge in [-0.3, -0.25) is 4.79 Å². The van der Waals surface area contributed by atoms with Crippen LogP contribution in [0.15, 0.2) is 24.3 Å². The number of fused-ring (bicyclic) bond motifs is 1. The number of aliphatic carboxylic acids is 1. The first-order chi connectivity index (χ1) is 8.46. The molecule has 0 aromatic heterocycles. The van der Waals surface area contributed by atoms with Crippen molar-refractivity contribution in [3.05, 3.63) is 29.8 Å². The third-order valence-corrected chi connectivity index (χ3v) is 3.79. The fourth-order valence-electron chi connectivity index (χ4n) is 1.80. The molecule has 2 rings (SSSR count). The lowest BCUT2D eigenvalue weighted by molar-refractivity contribution is -0.134. The number of para-hydroxylation sites is 1. The van der Waals surface area contributed by atoms with Gasteiger partial charge < -0.3 is 9.84 Å². The number of carboxylic acids is 1. The van der Waals surface area contributed by atoms with E-state index in [4.69, 9.17) is 9.84 Å². The fraction of sp³-hybridized carbons (Fsp3) is 0.364. The minimum Gasteiger partial charge on any atom is -0.488 e. The van der Waals surface area contributed by atoms with Crippen LogP contribution in [0.5, 0.6) is 5.75 Å². The number of benzene rings is 1. The van der Waals surface area contributed by atoms with Crippen LogP contribution < -0.4 is 9.46 Å². The summed E-state index contributed by atoms with van der Waals surface area (Å²) in [5, 5.41) is 8.43. The van der Waals surface area contributed by atoms with Crippen LogP contribution in [0.4, 0.5) is 0 Å². The standard InChI is InChI=1S/C11H13NO5S/c13-11(14)7-18(15,16)12-6-9-5-8-3-1-2-4-10(8)17-9/h1-4,9,12H,5-7H2,(H,13,14). The molecule has 98 valence electrons. The predicted octanol–water partition coefficient (Wildman–Crippen LogP) is -0.00590. The monoisotopic (exact) mass is 271 g/mol. The molecule has 1 aliphatic rings. The van der Waals surface area contributed by atoms with Gasteiger partial charge in [0.1, 0.15) is 11.9 Å². The Morgan fingerprint density at radius 3 is 2.83 bits per heavy atom. The first-order valence-corrected chi connectivity index (χ1v) is 7.05. The lowest BCUT2D eigenvalue weighted by atomic mass is 10.1. The zero-order valence-electron chi connectivity index (χ0n) is 9.50. The van der Waals surface area contributed by atoms with Crippen molar-refractivity contribution < 1.29 is 23.1 Å². The molecule has 0 saturated carbocycles. The van der Waals surface area contributed by atoms with Crippen molar-refractivity contribution in [2.75, 3.05) is 12.3 Å². The van der Waals surface area contributed by atoms with Crippen LogP contribution >= 0.6 is 0 Å². The Hall–Kier alpha value is -1.60. The van der Waals surface area contributed by atoms with Crippen LogP contribution in [0.1, 0.15) is 5.56 Å². The summed E-state index contributed by atoms with van der Waals surface area (Å²) in [7, 11) is -3.79. The molecule has 0 radical (unpaired) electrons. The molecule has 2 N–H and O–H groups in total. The van der Waals surface area contributed by atoms with Crippen molar-refractivity contribution in [2.24, 2.45) is 0 Å². The summed E-state index contributed by atoms with van der Waals surface area (Å²) in [5.41, 5.74) is 1.03. The number of nitrogens with one attached hydrogen (secondary N) is 1. The van der Waals surface area contributed by atoms with E-state index in [1.807, 2.05) is 24.3 Å². The van der Waals surface area contributed by atoms with Crippen LogP contribution in [0.3, 0.4) is 0 Å². The van der Waals surface area contributed by atoms with E-state index in [-0.39, 0.29) is 12.6 Å². The topological polar surface area (TPSA) is 92.7 Å². The van der Waals surface area contributed by atoms with Crippen LogP contribution in [0.25, 0.3) is 0 Å². The number of hydrogen-bond donors (Lipinski definition) is 2. The van der Waals surface area contributed by atoms with Crippen molar-refractivity contribution in [3.8, 4) is 5.75 Å². The van der Waals surface area contributed by atoms with E-state index in [9.17, 15) is 13.2 Å². The van der Waals surface area contributed by atoms with E-state index in [0.29, 0.717) is 6.42 Å². The third-order valence-electron chi connectivity index (χ3n) is 2.56. The minimum atomic E-state index is -3.79. The molecule has 6 nitrogen and oxygen atoms in total. The van der Waals surface area contributed by atoms with Gasteiger partial charge in [0.15, 0.2) is 5.75 Å². The fourth-order valence-corrected chi connectivity index (χ4v) is 2.67. The highest BCUT2D eigenvalue weighted by Crippen LogP contribution is 2.27. The second-order valence-electron chi connectivity index (χ2n) is 4.05. The molecule has 1 aliphatic heterocycles. The number of carboxylic acid groups (broad SMARTS) is 1. The highest BCUT2D eigenvalue weighted by atomic mass is 32.2. The van der Waals surface area contributed by atoms with Crippen molar-refractivity contribution in [1.29, 1.82) is 0 Å². The molecule has 1 aromatic carbocycles. The molecule has 7 heteroatoms. The van der Waals surface area contributed by atoms with Crippen molar-refractivity contribution in [3.63, 3.8) is 0 Å². The maximum Gasteiger partial charge on any atom is 0.320 e. The molecule has 0 spiro atoms. The highest BCUT2D eigenvalue weighted by Gasteiger charge is 2.24. The van der Waals surface area contributed by atoms with Gasteiger partial charge in [0.2, 0.25) is 10.0 Å². The van der Waals surface area contributed by atoms with E-state index in [1.165, 1.54) is 0 Å². The zero-order chi connectivity index (χ0) is 13.2. The molecule has 1 heterocycles. The van der Waals surface area contributed by atoms with E-state index >= 15 is 0 Å². The smallest absolute Gasteiger partial charge is 0.320 e. The minimum absolute atomic E-state index is 0.0737. The molecule has 1 atom stereocenters. The Bertz CT molecular complexity index is 529. The molecule has 0 bridgehead atoms. The van der Waals surface area contributed by atoms with Gasteiger partial charge >= 0.3 is 5.97 Å². The van der Waals surface area contributed by atoms with Gasteiger partial charge in [-0.25, -0.2) is 13.1 Å². The largest absolute Gasteiger partial charge is 0.488 e. The molecule has 1 aromatic rings. The van der Waals surface area contributed by atoms with E-state index in [1.54, 1.807) is 0 Å². The average Bonchev–Trinajstić information content (AvgIpc) is 2.67. The van der Waals surface area contributed by atoms with Gasteiger partial charge in [-0.05, 0) is 11.6 Å². The Balaban J connectivity index is 1.89. The molecule has 0 saturated heterocycles. The van der Waals surface area contributed by atoms with E-state index in [0.717, 1.165) is 11.3 Å². The quantitative estimate of drug-likeness (QED) is 0.786. The third kappa shape index (κ3) is 3.21. The number of ether oxygens (including phenoxy) is 1. The number of rotatable bonds is 5. The number of carbonyl (C=O) groups is 1. The summed E-state index contributed by atoms with van der Waals surface area (Å²) < 4.78 is 30.4. The van der Waals surface area contributed by atoms with Gasteiger partial charge in [0.05, 0.1) is 0 Å². The Morgan fingerprint density at radius 2 is 2.17 bits per heavy atom.